The second-order valence-electron chi connectivity index (χ2n) is 11.5. The van der Waals surface area contributed by atoms with E-state index in [0.29, 0.717) is 69.8 Å². The van der Waals surface area contributed by atoms with E-state index in [9.17, 15) is 23.5 Å². The van der Waals surface area contributed by atoms with E-state index in [0.717, 1.165) is 9.13 Å². The minimum absolute atomic E-state index is 0.117. The number of alkyl halides is 2. The Morgan fingerprint density at radius 2 is 1.82 bits per heavy atom. The molecule has 0 radical (unpaired) electrons. The molecule has 13 nitrogen and oxygen atoms in total. The SMILES string of the molecule is COc1nc(-c2cccc(-c3cccc(Nc4nc(C(F)F)nc5c4c(=O)n(C)c(=O)n5C)c3C)c2Cl)cnc1CN[C@@H]1CCOC[C@@H]1O. The number of nitrogens with zero attached hydrogens (tertiary/aromatic N) is 6. The zero-order valence-corrected chi connectivity index (χ0v) is 27.8. The molecule has 2 atom stereocenters. The summed E-state index contributed by atoms with van der Waals surface area (Å²) in [5.74, 6) is -0.693. The maximum absolute atomic E-state index is 13.8. The lowest BCUT2D eigenvalue weighted by molar-refractivity contribution is -0.0281. The zero-order valence-electron chi connectivity index (χ0n) is 27.0. The van der Waals surface area contributed by atoms with Crippen LogP contribution in [0.15, 0.2) is 52.2 Å². The Balaban J connectivity index is 1.35. The molecule has 3 N–H and O–H groups in total. The number of aryl methyl sites for hydroxylation is 1. The summed E-state index contributed by atoms with van der Waals surface area (Å²) < 4.78 is 40.4. The molecular weight excluding hydrogens is 662 g/mol. The van der Waals surface area contributed by atoms with E-state index in [1.54, 1.807) is 18.3 Å². The Kier molecular flexibility index (Phi) is 9.70. The predicted octanol–water partition coefficient (Wildman–Crippen LogP) is 4.04. The first kappa shape index (κ1) is 34.0. The van der Waals surface area contributed by atoms with Crippen molar-refractivity contribution in [1.29, 1.82) is 0 Å². The zero-order chi connectivity index (χ0) is 35.0. The van der Waals surface area contributed by atoms with Gasteiger partial charge in [0.05, 0.1) is 36.7 Å². The number of methoxy groups -OCH3 is 1. The van der Waals surface area contributed by atoms with Gasteiger partial charge in [-0.2, -0.15) is 0 Å². The van der Waals surface area contributed by atoms with E-state index in [1.807, 2.05) is 31.2 Å². The first-order valence-corrected chi connectivity index (χ1v) is 15.7. The number of hydrogen-bond donors (Lipinski definition) is 3. The van der Waals surface area contributed by atoms with Gasteiger partial charge in [0.15, 0.2) is 11.5 Å². The van der Waals surface area contributed by atoms with E-state index in [1.165, 1.54) is 21.2 Å². The second-order valence-corrected chi connectivity index (χ2v) is 11.9. The van der Waals surface area contributed by atoms with Gasteiger partial charge in [-0.1, -0.05) is 41.9 Å². The molecule has 1 aliphatic rings. The monoisotopic (exact) mass is 694 g/mol. The summed E-state index contributed by atoms with van der Waals surface area (Å²) in [6.45, 7) is 2.97. The van der Waals surface area contributed by atoms with Crippen molar-refractivity contribution in [3.63, 3.8) is 0 Å². The number of rotatable bonds is 9. The van der Waals surface area contributed by atoms with Gasteiger partial charge in [-0.15, -0.1) is 0 Å². The van der Waals surface area contributed by atoms with E-state index < -0.39 is 29.6 Å². The van der Waals surface area contributed by atoms with Gasteiger partial charge in [-0.05, 0) is 30.5 Å². The molecule has 1 aliphatic heterocycles. The van der Waals surface area contributed by atoms with Crippen molar-refractivity contribution in [2.24, 2.45) is 14.1 Å². The lowest BCUT2D eigenvalue weighted by Crippen LogP contribution is -2.46. The van der Waals surface area contributed by atoms with Crippen LogP contribution in [0, 0.1) is 6.92 Å². The molecule has 256 valence electrons. The van der Waals surface area contributed by atoms with Crippen LogP contribution < -0.4 is 26.6 Å². The molecule has 0 unspecified atom stereocenters. The van der Waals surface area contributed by atoms with Crippen LogP contribution in [0.25, 0.3) is 33.4 Å². The molecule has 1 fully saturated rings. The summed E-state index contributed by atoms with van der Waals surface area (Å²) in [6.07, 6.45) is -1.40. The van der Waals surface area contributed by atoms with Crippen LogP contribution in [0.1, 0.15) is 29.9 Å². The van der Waals surface area contributed by atoms with Crippen molar-refractivity contribution < 1.29 is 23.4 Å². The molecule has 0 spiro atoms. The van der Waals surface area contributed by atoms with E-state index in [4.69, 9.17) is 21.1 Å². The van der Waals surface area contributed by atoms with Gasteiger partial charge in [0.25, 0.3) is 12.0 Å². The number of ether oxygens (including phenoxy) is 2. The minimum atomic E-state index is -3.05. The Bertz CT molecular complexity index is 2180. The number of aliphatic hydroxyl groups is 1. The quantitative estimate of drug-likeness (QED) is 0.205. The van der Waals surface area contributed by atoms with Gasteiger partial charge < -0.3 is 25.2 Å². The third-order valence-corrected chi connectivity index (χ3v) is 8.93. The van der Waals surface area contributed by atoms with Crippen molar-refractivity contribution in [2.45, 2.75) is 38.5 Å². The molecule has 0 amide bonds. The predicted molar refractivity (Wildman–Crippen MR) is 180 cm³/mol. The number of aliphatic hydroxyl groups excluding tert-OH is 1. The van der Waals surface area contributed by atoms with Crippen LogP contribution in [0.3, 0.4) is 0 Å². The first-order chi connectivity index (χ1) is 23.5. The number of fused-ring (bicyclic) bond motifs is 1. The third-order valence-electron chi connectivity index (χ3n) is 8.53. The van der Waals surface area contributed by atoms with Crippen molar-refractivity contribution in [3.8, 4) is 28.3 Å². The Hall–Kier alpha value is -4.83. The number of hydrogen-bond acceptors (Lipinski definition) is 11. The van der Waals surface area contributed by atoms with Crippen LogP contribution in [-0.2, 0) is 25.4 Å². The fraction of sp³-hybridized carbons (Fsp3) is 0.333. The maximum Gasteiger partial charge on any atom is 0.332 e. The Morgan fingerprint density at radius 3 is 2.55 bits per heavy atom. The number of halogens is 3. The van der Waals surface area contributed by atoms with Crippen LogP contribution >= 0.6 is 11.6 Å². The van der Waals surface area contributed by atoms with Crippen molar-refractivity contribution in [1.82, 2.24) is 34.4 Å². The molecule has 1 saturated heterocycles. The summed E-state index contributed by atoms with van der Waals surface area (Å²) in [5, 5.41) is 16.8. The van der Waals surface area contributed by atoms with Crippen molar-refractivity contribution >= 4 is 34.1 Å². The standard InChI is InChI=1S/C33H33ClF2N8O5/c1-16-17(7-6-10-20(16)39-28-25-30(42-29(41-28)27(35)36)43(2)33(47)44(3)32(25)46)18-8-5-9-19(26(18)34)22-13-38-23(31(40-22)48-4)14-37-21-11-12-49-15-24(21)45/h5-10,13,21,24,27,37,45H,11-12,14-15H2,1-4H3,(H,39,41,42)/t21-,24+/m1/s1. The number of benzene rings is 2. The molecule has 16 heteroatoms. The highest BCUT2D eigenvalue weighted by Crippen LogP contribution is 2.39. The lowest BCUT2D eigenvalue weighted by atomic mass is 9.96. The van der Waals surface area contributed by atoms with Crippen molar-refractivity contribution in [3.05, 3.63) is 85.5 Å². The van der Waals surface area contributed by atoms with Gasteiger partial charge in [0, 0.05) is 50.1 Å². The molecule has 0 bridgehead atoms. The molecule has 0 aliphatic carbocycles. The topological polar surface area (TPSA) is 158 Å². The van der Waals surface area contributed by atoms with Crippen LogP contribution in [0.4, 0.5) is 20.3 Å². The third kappa shape index (κ3) is 6.49. The first-order valence-electron chi connectivity index (χ1n) is 15.3. The summed E-state index contributed by atoms with van der Waals surface area (Å²) in [6, 6.07) is 10.6. The van der Waals surface area contributed by atoms with Crippen LogP contribution in [0.5, 0.6) is 5.88 Å². The highest BCUT2D eigenvalue weighted by molar-refractivity contribution is 6.36. The molecular formula is C33H33ClF2N8O5. The number of aromatic nitrogens is 6. The van der Waals surface area contributed by atoms with E-state index in [-0.39, 0.29) is 29.5 Å². The fourth-order valence-corrected chi connectivity index (χ4v) is 6.12. The van der Waals surface area contributed by atoms with Gasteiger partial charge in [-0.3, -0.25) is 18.9 Å². The second kappa shape index (κ2) is 14.0. The largest absolute Gasteiger partial charge is 0.480 e. The van der Waals surface area contributed by atoms with E-state index >= 15 is 0 Å². The summed E-state index contributed by atoms with van der Waals surface area (Å²) in [4.78, 5) is 42.8. The molecule has 4 heterocycles. The molecule has 6 rings (SSSR count). The summed E-state index contributed by atoms with van der Waals surface area (Å²) >= 11 is 7.02. The normalized spacial score (nSPS) is 16.3. The molecule has 3 aromatic heterocycles. The number of anilines is 2. The minimum Gasteiger partial charge on any atom is -0.480 e. The van der Waals surface area contributed by atoms with Gasteiger partial charge in [0.1, 0.15) is 16.9 Å². The molecule has 0 saturated carbocycles. The lowest BCUT2D eigenvalue weighted by Gasteiger charge is -2.28. The maximum atomic E-state index is 13.8. The van der Waals surface area contributed by atoms with Crippen molar-refractivity contribution in [2.75, 3.05) is 25.6 Å². The van der Waals surface area contributed by atoms with Gasteiger partial charge in [-0.25, -0.2) is 28.5 Å². The van der Waals surface area contributed by atoms with Gasteiger partial charge >= 0.3 is 5.69 Å². The molecule has 5 aromatic rings. The summed E-state index contributed by atoms with van der Waals surface area (Å²) in [7, 11) is 4.14. The fourth-order valence-electron chi connectivity index (χ4n) is 5.79. The average Bonchev–Trinajstić information content (AvgIpc) is 3.10. The Labute approximate surface area is 283 Å². The molecule has 2 aromatic carbocycles. The summed E-state index contributed by atoms with van der Waals surface area (Å²) in [5.41, 5.74) is 2.47. The number of nitrogens with one attached hydrogen (secondary N) is 2. The van der Waals surface area contributed by atoms with E-state index in [2.05, 4.69) is 30.6 Å². The van der Waals surface area contributed by atoms with Gasteiger partial charge in [0.2, 0.25) is 5.88 Å². The highest BCUT2D eigenvalue weighted by atomic mass is 35.5. The Morgan fingerprint density at radius 1 is 1.08 bits per heavy atom. The molecule has 49 heavy (non-hydrogen) atoms. The smallest absolute Gasteiger partial charge is 0.332 e. The average molecular weight is 695 g/mol. The van der Waals surface area contributed by atoms with Crippen LogP contribution in [-0.4, -0.2) is 66.6 Å². The highest BCUT2D eigenvalue weighted by Gasteiger charge is 2.25. The van der Waals surface area contributed by atoms with Crippen LogP contribution in [0.2, 0.25) is 5.02 Å².